The van der Waals surface area contributed by atoms with Crippen LogP contribution in [0.1, 0.15) is 0 Å². The Hall–Kier alpha value is -6.84. The fourth-order valence-electron chi connectivity index (χ4n) is 8.94. The third-order valence-corrected chi connectivity index (χ3v) is 12.2. The lowest BCUT2D eigenvalue weighted by Gasteiger charge is -2.15. The Morgan fingerprint density at radius 2 is 0.621 bits per heavy atom. The van der Waals surface area contributed by atoms with Gasteiger partial charge in [0.25, 0.3) is 0 Å². The van der Waals surface area contributed by atoms with Gasteiger partial charge in [-0.25, -0.2) is 0 Å². The highest BCUT2D eigenvalue weighted by Gasteiger charge is 2.26. The minimum atomic E-state index is 0.687. The van der Waals surface area contributed by atoms with Crippen LogP contribution in [-0.2, 0) is 0 Å². The highest BCUT2D eigenvalue weighted by atomic mass is 35.5. The molecule has 2 N–H and O–H groups in total. The molecule has 11 rings (SSSR count). The van der Waals surface area contributed by atoms with Crippen molar-refractivity contribution in [3.63, 3.8) is 0 Å². The highest BCUT2D eigenvalue weighted by molar-refractivity contribution is 6.39. The third-order valence-electron chi connectivity index (χ3n) is 11.5. The molecule has 2 nitrogen and oxygen atoms in total. The Kier molecular flexibility index (Phi) is 8.29. The third kappa shape index (κ3) is 5.56. The molecule has 2 aromatic heterocycles. The molecule has 4 heteroatoms. The molecule has 0 aliphatic carbocycles. The van der Waals surface area contributed by atoms with E-state index in [0.717, 1.165) is 77.0 Å². The summed E-state index contributed by atoms with van der Waals surface area (Å²) >= 11 is 14.4. The van der Waals surface area contributed by atoms with Gasteiger partial charge in [-0.3, -0.25) is 0 Å². The van der Waals surface area contributed by atoms with Crippen molar-refractivity contribution in [1.82, 2.24) is 9.97 Å². The van der Waals surface area contributed by atoms with Crippen LogP contribution in [0.3, 0.4) is 0 Å². The lowest BCUT2D eigenvalue weighted by Crippen LogP contribution is -1.90. The summed E-state index contributed by atoms with van der Waals surface area (Å²) in [6.07, 6.45) is 0. The predicted molar refractivity (Wildman–Crippen MR) is 248 cm³/mol. The molecule has 0 saturated carbocycles. The van der Waals surface area contributed by atoms with Crippen molar-refractivity contribution in [1.29, 1.82) is 0 Å². The van der Waals surface area contributed by atoms with Crippen molar-refractivity contribution in [2.45, 2.75) is 0 Å². The van der Waals surface area contributed by atoms with Crippen molar-refractivity contribution < 1.29 is 0 Å². The first-order chi connectivity index (χ1) is 28.6. The molecule has 11 aromatic rings. The summed E-state index contributed by atoms with van der Waals surface area (Å²) < 4.78 is 0. The summed E-state index contributed by atoms with van der Waals surface area (Å²) in [5, 5.41) is 5.77. The first kappa shape index (κ1) is 34.4. The number of rotatable bonds is 6. The summed E-state index contributed by atoms with van der Waals surface area (Å²) in [4.78, 5) is 7.87. The quantitative estimate of drug-likeness (QED) is 0.168. The molecular formula is C54H34Cl2N2. The van der Waals surface area contributed by atoms with E-state index in [0.29, 0.717) is 10.0 Å². The Bertz CT molecular complexity index is 3130. The molecule has 0 radical (unpaired) electrons. The Labute approximate surface area is 346 Å². The van der Waals surface area contributed by atoms with Gasteiger partial charge in [-0.1, -0.05) is 181 Å². The van der Waals surface area contributed by atoms with Gasteiger partial charge >= 0.3 is 0 Å². The van der Waals surface area contributed by atoms with E-state index in [2.05, 4.69) is 180 Å². The van der Waals surface area contributed by atoms with Crippen LogP contribution < -0.4 is 0 Å². The van der Waals surface area contributed by atoms with E-state index in [1.54, 1.807) is 0 Å². The van der Waals surface area contributed by atoms with Crippen molar-refractivity contribution >= 4 is 66.8 Å². The number of hydrogen-bond acceptors (Lipinski definition) is 0. The van der Waals surface area contributed by atoms with E-state index < -0.39 is 0 Å². The molecule has 2 heterocycles. The van der Waals surface area contributed by atoms with Crippen molar-refractivity contribution in [3.8, 4) is 66.8 Å². The molecule has 0 fully saturated rings. The van der Waals surface area contributed by atoms with Gasteiger partial charge in [-0.15, -0.1) is 0 Å². The van der Waals surface area contributed by atoms with Gasteiger partial charge in [0.15, 0.2) is 0 Å². The molecule has 9 aromatic carbocycles. The summed E-state index contributed by atoms with van der Waals surface area (Å²) in [5.41, 5.74) is 17.5. The van der Waals surface area contributed by atoms with E-state index in [1.165, 1.54) is 33.4 Å². The molecule has 274 valence electrons. The van der Waals surface area contributed by atoms with Gasteiger partial charge in [0, 0.05) is 64.9 Å². The number of halogens is 2. The molecule has 0 atom stereocenters. The minimum absolute atomic E-state index is 0.687. The second kappa shape index (κ2) is 14.0. The van der Waals surface area contributed by atoms with Crippen LogP contribution in [0, 0.1) is 0 Å². The molecule has 0 bridgehead atoms. The van der Waals surface area contributed by atoms with Gasteiger partial charge in [0.1, 0.15) is 0 Å². The number of nitrogens with one attached hydrogen (secondary N) is 2. The number of fused-ring (bicyclic) bond motifs is 6. The van der Waals surface area contributed by atoms with Crippen LogP contribution in [0.15, 0.2) is 194 Å². The van der Waals surface area contributed by atoms with Crippen LogP contribution >= 0.6 is 23.2 Å². The van der Waals surface area contributed by atoms with Gasteiger partial charge in [0.05, 0.1) is 11.0 Å². The van der Waals surface area contributed by atoms with E-state index in [4.69, 9.17) is 23.2 Å². The molecular weight excluding hydrogens is 748 g/mol. The molecule has 0 amide bonds. The number of H-pyrrole nitrogens is 2. The molecule has 0 saturated heterocycles. The van der Waals surface area contributed by atoms with E-state index >= 15 is 0 Å². The molecule has 0 aliphatic heterocycles. The van der Waals surface area contributed by atoms with Crippen LogP contribution in [0.4, 0.5) is 0 Å². The normalized spacial score (nSPS) is 11.6. The maximum Gasteiger partial charge on any atom is 0.0559 e. The van der Waals surface area contributed by atoms with E-state index in [1.807, 2.05) is 24.3 Å². The first-order valence-electron chi connectivity index (χ1n) is 19.5. The van der Waals surface area contributed by atoms with Gasteiger partial charge < -0.3 is 9.97 Å². The minimum Gasteiger partial charge on any atom is -0.354 e. The smallest absolute Gasteiger partial charge is 0.0559 e. The maximum absolute atomic E-state index is 7.21. The standard InChI is InChI=1S/C54H34Cl2N2/c55-45-25-13-11-23-41(45)49-51-43-31-35(39-21-9-7-19-37(39)33-15-3-1-4-16-33)27-29-47(43)57-53(51)50(42-24-12-14-26-46(42)56)52-44-32-36(28-30-48(44)58-54(49)52)40-22-10-8-20-38(40)34-17-5-2-6-18-34/h1-32,57-58H. The van der Waals surface area contributed by atoms with Crippen molar-refractivity contribution in [2.75, 3.05) is 0 Å². The maximum atomic E-state index is 7.21. The van der Waals surface area contributed by atoms with Crippen LogP contribution in [0.2, 0.25) is 10.0 Å². The van der Waals surface area contributed by atoms with Crippen LogP contribution in [0.5, 0.6) is 0 Å². The molecule has 58 heavy (non-hydrogen) atoms. The fourth-order valence-corrected chi connectivity index (χ4v) is 9.40. The summed E-state index contributed by atoms with van der Waals surface area (Å²) in [6, 6.07) is 68.4. The summed E-state index contributed by atoms with van der Waals surface area (Å²) in [5.74, 6) is 0. The van der Waals surface area contributed by atoms with Gasteiger partial charge in [0.2, 0.25) is 0 Å². The van der Waals surface area contributed by atoms with Crippen LogP contribution in [-0.4, -0.2) is 9.97 Å². The zero-order chi connectivity index (χ0) is 38.7. The second-order valence-corrected chi connectivity index (χ2v) is 15.6. The monoisotopic (exact) mass is 780 g/mol. The topological polar surface area (TPSA) is 31.6 Å². The first-order valence-corrected chi connectivity index (χ1v) is 20.2. The largest absolute Gasteiger partial charge is 0.354 e. The zero-order valence-corrected chi connectivity index (χ0v) is 32.7. The second-order valence-electron chi connectivity index (χ2n) is 14.8. The summed E-state index contributed by atoms with van der Waals surface area (Å²) in [7, 11) is 0. The molecule has 0 spiro atoms. The number of aromatic amines is 2. The molecule has 0 unspecified atom stereocenters. The van der Waals surface area contributed by atoms with Gasteiger partial charge in [-0.2, -0.15) is 0 Å². The fraction of sp³-hybridized carbons (Fsp3) is 0. The number of aromatic nitrogens is 2. The van der Waals surface area contributed by atoms with Crippen LogP contribution in [0.25, 0.3) is 110 Å². The lowest BCUT2D eigenvalue weighted by molar-refractivity contribution is 1.53. The van der Waals surface area contributed by atoms with Crippen molar-refractivity contribution in [3.05, 3.63) is 204 Å². The van der Waals surface area contributed by atoms with Crippen molar-refractivity contribution in [2.24, 2.45) is 0 Å². The predicted octanol–water partition coefficient (Wildman–Crippen LogP) is 16.3. The Morgan fingerprint density at radius 1 is 0.293 bits per heavy atom. The highest BCUT2D eigenvalue weighted by Crippen LogP contribution is 2.51. The van der Waals surface area contributed by atoms with Gasteiger partial charge in [-0.05, 0) is 80.9 Å². The number of benzene rings is 9. The number of hydrogen-bond donors (Lipinski definition) is 2. The van der Waals surface area contributed by atoms with E-state index in [9.17, 15) is 0 Å². The Morgan fingerprint density at radius 3 is 1.00 bits per heavy atom. The zero-order valence-electron chi connectivity index (χ0n) is 31.2. The average molecular weight is 782 g/mol. The lowest BCUT2D eigenvalue weighted by atomic mass is 9.88. The molecule has 0 aliphatic rings. The SMILES string of the molecule is Clc1ccccc1-c1c2[nH]c3ccc(-c4ccccc4-c4ccccc4)cc3c2c(-c2ccccc2Cl)c2[nH]c3ccc(-c4ccccc4-c4ccccc4)cc3c12. The average Bonchev–Trinajstić information content (AvgIpc) is 3.85. The van der Waals surface area contributed by atoms with E-state index in [-0.39, 0.29) is 0 Å². The summed E-state index contributed by atoms with van der Waals surface area (Å²) in [6.45, 7) is 0. The Balaban J connectivity index is 1.27.